The van der Waals surface area contributed by atoms with E-state index in [1.165, 1.54) is 5.57 Å². The van der Waals surface area contributed by atoms with Crippen molar-refractivity contribution in [1.29, 1.82) is 0 Å². The summed E-state index contributed by atoms with van der Waals surface area (Å²) in [4.78, 5) is 12.9. The van der Waals surface area contributed by atoms with E-state index >= 15 is 0 Å². The SMILES string of the molecule is CC1C=CC(CCS(=O)[O-])=c2ccc3c(c21)C(=O)C=C1C=CCCC=31. The van der Waals surface area contributed by atoms with Gasteiger partial charge in [0.05, 0.1) is 0 Å². The fraction of sp³-hybridized carbons (Fsp3) is 0.286. The highest BCUT2D eigenvalue weighted by molar-refractivity contribution is 7.79. The number of benzene rings is 1. The Morgan fingerprint density at radius 3 is 2.84 bits per heavy atom. The van der Waals surface area contributed by atoms with E-state index in [1.54, 1.807) is 6.08 Å². The van der Waals surface area contributed by atoms with E-state index in [0.29, 0.717) is 6.42 Å². The molecular formula is C21H19O3S-. The maximum atomic E-state index is 12.9. The van der Waals surface area contributed by atoms with Crippen LogP contribution in [0.1, 0.15) is 48.0 Å². The van der Waals surface area contributed by atoms with Gasteiger partial charge < -0.3 is 4.55 Å². The van der Waals surface area contributed by atoms with Crippen LogP contribution < -0.4 is 10.4 Å². The van der Waals surface area contributed by atoms with Gasteiger partial charge in [0.2, 0.25) is 0 Å². The number of carbonyl (C=O) groups excluding carboxylic acids is 1. The van der Waals surface area contributed by atoms with Gasteiger partial charge in [-0.1, -0.05) is 54.4 Å². The number of fused-ring (bicyclic) bond motifs is 4. The predicted octanol–water partition coefficient (Wildman–Crippen LogP) is 2.40. The highest BCUT2D eigenvalue weighted by Crippen LogP contribution is 2.30. The van der Waals surface area contributed by atoms with Crippen molar-refractivity contribution in [2.75, 3.05) is 5.75 Å². The molecule has 0 spiro atoms. The van der Waals surface area contributed by atoms with E-state index < -0.39 is 11.1 Å². The van der Waals surface area contributed by atoms with Gasteiger partial charge in [-0.15, -0.1) is 0 Å². The van der Waals surface area contributed by atoms with Crippen LogP contribution in [0.4, 0.5) is 0 Å². The Kier molecular flexibility index (Phi) is 4.18. The molecule has 2 unspecified atom stereocenters. The number of rotatable bonds is 3. The van der Waals surface area contributed by atoms with Crippen molar-refractivity contribution in [2.24, 2.45) is 0 Å². The molecular weight excluding hydrogens is 332 g/mol. The fourth-order valence-corrected chi connectivity index (χ4v) is 4.46. The van der Waals surface area contributed by atoms with Gasteiger partial charge in [-0.05, 0) is 58.1 Å². The van der Waals surface area contributed by atoms with Crippen LogP contribution in [-0.2, 0) is 11.1 Å². The van der Waals surface area contributed by atoms with E-state index in [1.807, 2.05) is 18.2 Å². The molecule has 4 heteroatoms. The molecule has 1 aromatic rings. The van der Waals surface area contributed by atoms with Crippen LogP contribution in [0.5, 0.6) is 0 Å². The second-order valence-corrected chi connectivity index (χ2v) is 7.78. The van der Waals surface area contributed by atoms with E-state index in [2.05, 4.69) is 25.1 Å². The first-order valence-corrected chi connectivity index (χ1v) is 9.87. The van der Waals surface area contributed by atoms with Crippen molar-refractivity contribution in [3.8, 4) is 0 Å². The van der Waals surface area contributed by atoms with E-state index in [0.717, 1.165) is 45.6 Å². The van der Waals surface area contributed by atoms with Gasteiger partial charge in [0.15, 0.2) is 5.78 Å². The topological polar surface area (TPSA) is 57.2 Å². The van der Waals surface area contributed by atoms with Crippen LogP contribution in [0.3, 0.4) is 0 Å². The molecule has 0 heterocycles. The number of hydrogen-bond donors (Lipinski definition) is 0. The smallest absolute Gasteiger partial charge is 0.187 e. The molecule has 3 aliphatic carbocycles. The Morgan fingerprint density at radius 2 is 2.04 bits per heavy atom. The van der Waals surface area contributed by atoms with Crippen molar-refractivity contribution in [3.63, 3.8) is 0 Å². The summed E-state index contributed by atoms with van der Waals surface area (Å²) in [5.74, 6) is 0.307. The lowest BCUT2D eigenvalue weighted by atomic mass is 9.79. The second kappa shape index (κ2) is 6.36. The largest absolute Gasteiger partial charge is 0.772 e. The van der Waals surface area contributed by atoms with Gasteiger partial charge in [0, 0.05) is 17.2 Å². The number of carbonyl (C=O) groups is 1. The van der Waals surface area contributed by atoms with Gasteiger partial charge in [0.25, 0.3) is 0 Å². The van der Waals surface area contributed by atoms with Crippen molar-refractivity contribution in [3.05, 3.63) is 69.7 Å². The molecule has 0 fully saturated rings. The molecule has 0 aromatic heterocycles. The van der Waals surface area contributed by atoms with Crippen LogP contribution in [0, 0.1) is 0 Å². The summed E-state index contributed by atoms with van der Waals surface area (Å²) >= 11 is -2.06. The number of ketones is 1. The molecule has 0 saturated carbocycles. The summed E-state index contributed by atoms with van der Waals surface area (Å²) in [5.41, 5.74) is 5.15. The third-order valence-corrected chi connectivity index (χ3v) is 5.77. The van der Waals surface area contributed by atoms with Gasteiger partial charge >= 0.3 is 0 Å². The summed E-state index contributed by atoms with van der Waals surface area (Å²) in [7, 11) is 0. The molecule has 0 N–H and O–H groups in total. The number of hydrogen-bond acceptors (Lipinski definition) is 3. The summed E-state index contributed by atoms with van der Waals surface area (Å²) in [6.07, 6.45) is 12.4. The minimum absolute atomic E-state index is 0.0612. The molecule has 128 valence electrons. The van der Waals surface area contributed by atoms with Crippen molar-refractivity contribution >= 4 is 28.0 Å². The summed E-state index contributed by atoms with van der Waals surface area (Å²) in [6.45, 7) is 2.09. The Morgan fingerprint density at radius 1 is 1.24 bits per heavy atom. The molecule has 0 amide bonds. The summed E-state index contributed by atoms with van der Waals surface area (Å²) < 4.78 is 21.9. The maximum Gasteiger partial charge on any atom is 0.187 e. The zero-order valence-corrected chi connectivity index (χ0v) is 14.9. The van der Waals surface area contributed by atoms with E-state index in [-0.39, 0.29) is 17.5 Å². The standard InChI is InChI=1S/C21H20O3S/c1-13-6-7-14(10-11-25(23)24)17-8-9-18-16-5-3-2-4-15(16)12-19(22)21(18)20(13)17/h2,4,6-9,12-13H,3,5,10-11H2,1H3,(H,23,24)/p-1. The monoisotopic (exact) mass is 351 g/mol. The van der Waals surface area contributed by atoms with Gasteiger partial charge in [0.1, 0.15) is 0 Å². The van der Waals surface area contributed by atoms with Crippen LogP contribution in [0.25, 0.3) is 11.1 Å². The van der Waals surface area contributed by atoms with Crippen molar-refractivity contribution in [2.45, 2.75) is 32.1 Å². The van der Waals surface area contributed by atoms with Gasteiger partial charge in [-0.3, -0.25) is 9.00 Å². The molecule has 4 rings (SSSR count). The third kappa shape index (κ3) is 2.79. The minimum atomic E-state index is -2.06. The first-order chi connectivity index (χ1) is 12.1. The molecule has 3 aliphatic rings. The normalized spacial score (nSPS) is 22.2. The minimum Gasteiger partial charge on any atom is -0.772 e. The molecule has 1 aromatic carbocycles. The first kappa shape index (κ1) is 16.4. The van der Waals surface area contributed by atoms with E-state index in [4.69, 9.17) is 0 Å². The zero-order valence-electron chi connectivity index (χ0n) is 14.1. The highest BCUT2D eigenvalue weighted by atomic mass is 32.2. The van der Waals surface area contributed by atoms with Crippen molar-refractivity contribution in [1.82, 2.24) is 0 Å². The Hall–Kier alpha value is -2.04. The summed E-state index contributed by atoms with van der Waals surface area (Å²) in [5, 5.41) is 2.08. The van der Waals surface area contributed by atoms with E-state index in [9.17, 15) is 13.6 Å². The van der Waals surface area contributed by atoms with Gasteiger partial charge in [-0.2, -0.15) is 0 Å². The predicted molar refractivity (Wildman–Crippen MR) is 99.3 cm³/mol. The Labute approximate surface area is 149 Å². The average molecular weight is 351 g/mol. The molecule has 2 atom stereocenters. The highest BCUT2D eigenvalue weighted by Gasteiger charge is 2.25. The second-order valence-electron chi connectivity index (χ2n) is 6.76. The third-order valence-electron chi connectivity index (χ3n) is 5.24. The summed E-state index contributed by atoms with van der Waals surface area (Å²) in [6, 6.07) is 4.12. The Bertz CT molecular complexity index is 1010. The lowest BCUT2D eigenvalue weighted by Gasteiger charge is -2.24. The molecule has 0 aliphatic heterocycles. The number of allylic oxidation sites excluding steroid dienone is 6. The van der Waals surface area contributed by atoms with Crippen LogP contribution in [0.15, 0.2) is 48.1 Å². The Balaban J connectivity index is 2.00. The molecule has 0 radical (unpaired) electrons. The molecule has 3 nitrogen and oxygen atoms in total. The average Bonchev–Trinajstić information content (AvgIpc) is 2.60. The van der Waals surface area contributed by atoms with Crippen LogP contribution >= 0.6 is 0 Å². The quantitative estimate of drug-likeness (QED) is 0.786. The lowest BCUT2D eigenvalue weighted by Crippen LogP contribution is -2.32. The van der Waals surface area contributed by atoms with Crippen LogP contribution in [0.2, 0.25) is 0 Å². The molecule has 0 bridgehead atoms. The maximum absolute atomic E-state index is 12.9. The lowest BCUT2D eigenvalue weighted by molar-refractivity contribution is 0.104. The fourth-order valence-electron chi connectivity index (χ4n) is 4.07. The first-order valence-electron chi connectivity index (χ1n) is 8.62. The van der Waals surface area contributed by atoms with Gasteiger partial charge in [-0.25, -0.2) is 0 Å². The van der Waals surface area contributed by atoms with Crippen LogP contribution in [-0.4, -0.2) is 20.3 Å². The van der Waals surface area contributed by atoms with Crippen molar-refractivity contribution < 1.29 is 13.6 Å². The zero-order chi connectivity index (χ0) is 17.6. The molecule has 25 heavy (non-hydrogen) atoms. The molecule has 0 saturated heterocycles.